The van der Waals surface area contributed by atoms with E-state index >= 15 is 0 Å². The summed E-state index contributed by atoms with van der Waals surface area (Å²) in [7, 11) is 0. The van der Waals surface area contributed by atoms with E-state index in [2.05, 4.69) is 12.2 Å². The molecule has 0 fully saturated rings. The predicted octanol–water partition coefficient (Wildman–Crippen LogP) is 5.89. The van der Waals surface area contributed by atoms with Gasteiger partial charge in [0.2, 0.25) is 0 Å². The van der Waals surface area contributed by atoms with E-state index in [1.165, 1.54) is 31.8 Å². The Hall–Kier alpha value is -2.50. The van der Waals surface area contributed by atoms with Crippen LogP contribution in [-0.2, 0) is 16.0 Å². The molecular weight excluding hydrogens is 394 g/mol. The number of carbonyl (C=O) groups excluding carboxylic acids is 1. The summed E-state index contributed by atoms with van der Waals surface area (Å²) in [6.07, 6.45) is 9.17. The van der Waals surface area contributed by atoms with Crippen LogP contribution in [0.1, 0.15) is 78.7 Å². The fourth-order valence-electron chi connectivity index (χ4n) is 3.03. The smallest absolute Gasteiger partial charge is 0.408 e. The molecule has 0 radical (unpaired) electrons. The third-order valence-corrected chi connectivity index (χ3v) is 4.75. The van der Waals surface area contributed by atoms with E-state index < -0.39 is 23.2 Å². The monoisotopic (exact) mass is 433 g/mol. The van der Waals surface area contributed by atoms with Crippen LogP contribution in [0.4, 0.5) is 4.79 Å². The molecule has 1 rings (SSSR count). The van der Waals surface area contributed by atoms with Crippen LogP contribution < -0.4 is 10.1 Å². The Morgan fingerprint density at radius 3 is 2.26 bits per heavy atom. The second kappa shape index (κ2) is 13.0. The van der Waals surface area contributed by atoms with Crippen molar-refractivity contribution in [1.82, 2.24) is 5.32 Å². The second-order valence-electron chi connectivity index (χ2n) is 9.12. The Bertz CT molecular complexity index is 706. The van der Waals surface area contributed by atoms with Crippen LogP contribution in [0.5, 0.6) is 5.75 Å². The lowest BCUT2D eigenvalue weighted by molar-refractivity contribution is -0.131. The number of carbonyl (C=O) groups is 2. The number of aryl methyl sites for hydroxylation is 1. The normalized spacial score (nSPS) is 13.6. The molecular formula is C25H39NO5. The first-order chi connectivity index (χ1) is 14.5. The molecule has 0 heterocycles. The molecule has 1 aromatic carbocycles. The number of alkyl carbamates (subject to hydrolysis) is 1. The fourth-order valence-corrected chi connectivity index (χ4v) is 3.03. The van der Waals surface area contributed by atoms with Gasteiger partial charge in [-0.2, -0.15) is 0 Å². The van der Waals surface area contributed by atoms with Crippen molar-refractivity contribution >= 4 is 12.1 Å². The molecule has 0 aliphatic rings. The number of rotatable bonds is 13. The molecule has 0 aliphatic heterocycles. The van der Waals surface area contributed by atoms with Crippen LogP contribution in [0.2, 0.25) is 0 Å². The molecule has 1 aromatic rings. The molecule has 6 nitrogen and oxygen atoms in total. The Morgan fingerprint density at radius 2 is 1.68 bits per heavy atom. The number of benzene rings is 1. The lowest BCUT2D eigenvalue weighted by Crippen LogP contribution is -2.47. The number of amides is 1. The van der Waals surface area contributed by atoms with Crippen molar-refractivity contribution in [2.45, 2.75) is 90.7 Å². The zero-order chi connectivity index (χ0) is 23.3. The highest BCUT2D eigenvalue weighted by Gasteiger charge is 2.26. The molecule has 0 bridgehead atoms. The van der Waals surface area contributed by atoms with Gasteiger partial charge in [0, 0.05) is 6.08 Å². The minimum atomic E-state index is -1.06. The largest absolute Gasteiger partial charge is 0.494 e. The third kappa shape index (κ3) is 12.7. The van der Waals surface area contributed by atoms with Gasteiger partial charge >= 0.3 is 12.1 Å². The van der Waals surface area contributed by atoms with Crippen molar-refractivity contribution in [3.8, 4) is 5.75 Å². The maximum atomic E-state index is 12.2. The average Bonchev–Trinajstić information content (AvgIpc) is 2.67. The lowest BCUT2D eigenvalue weighted by atomic mass is 9.92. The van der Waals surface area contributed by atoms with Crippen molar-refractivity contribution < 1.29 is 24.2 Å². The molecule has 1 amide bonds. The Balaban J connectivity index is 2.62. The minimum Gasteiger partial charge on any atom is -0.494 e. The van der Waals surface area contributed by atoms with Gasteiger partial charge in [0.15, 0.2) is 0 Å². The van der Waals surface area contributed by atoms with E-state index in [1.54, 1.807) is 27.7 Å². The van der Waals surface area contributed by atoms with E-state index in [0.717, 1.165) is 30.4 Å². The summed E-state index contributed by atoms with van der Waals surface area (Å²) in [5, 5.41) is 11.8. The highest BCUT2D eigenvalue weighted by atomic mass is 16.6. The molecule has 0 aromatic heterocycles. The van der Waals surface area contributed by atoms with Crippen LogP contribution in [0, 0.1) is 0 Å². The van der Waals surface area contributed by atoms with Gasteiger partial charge in [-0.3, -0.25) is 0 Å². The summed E-state index contributed by atoms with van der Waals surface area (Å²) in [4.78, 5) is 23.2. The van der Waals surface area contributed by atoms with Crippen molar-refractivity contribution in [3.63, 3.8) is 0 Å². The van der Waals surface area contributed by atoms with Gasteiger partial charge in [-0.05, 0) is 64.7 Å². The molecule has 174 valence electrons. The predicted molar refractivity (Wildman–Crippen MR) is 124 cm³/mol. The maximum Gasteiger partial charge on any atom is 0.408 e. The molecule has 0 saturated carbocycles. The minimum absolute atomic E-state index is 0.521. The van der Waals surface area contributed by atoms with Gasteiger partial charge in [-0.15, -0.1) is 0 Å². The fraction of sp³-hybridized carbons (Fsp3) is 0.600. The summed E-state index contributed by atoms with van der Waals surface area (Å²) in [5.74, 6) is -0.215. The summed E-state index contributed by atoms with van der Waals surface area (Å²) >= 11 is 0. The molecule has 0 aliphatic carbocycles. The molecule has 31 heavy (non-hydrogen) atoms. The maximum absolute atomic E-state index is 12.2. The Morgan fingerprint density at radius 1 is 1.03 bits per heavy atom. The van der Waals surface area contributed by atoms with Gasteiger partial charge in [0.25, 0.3) is 0 Å². The highest BCUT2D eigenvalue weighted by Crippen LogP contribution is 2.20. The first kappa shape index (κ1) is 26.5. The number of ether oxygens (including phenoxy) is 2. The number of aliphatic carboxylic acids is 1. The average molecular weight is 434 g/mol. The van der Waals surface area contributed by atoms with E-state index in [-0.39, 0.29) is 0 Å². The number of carboxylic acid groups (broad SMARTS) is 1. The van der Waals surface area contributed by atoms with Crippen LogP contribution >= 0.6 is 0 Å². The number of hydrogen-bond donors (Lipinski definition) is 2. The van der Waals surface area contributed by atoms with Gasteiger partial charge in [0.1, 0.15) is 11.4 Å². The van der Waals surface area contributed by atoms with E-state index in [0.29, 0.717) is 12.8 Å². The second-order valence-corrected chi connectivity index (χ2v) is 9.12. The third-order valence-electron chi connectivity index (χ3n) is 4.75. The molecule has 0 spiro atoms. The number of carboxylic acids is 1. The SMILES string of the molecule is CCCCCCCOc1ccc(CC[C@](C)(C=CC(=O)O)NC(=O)OC(C)(C)C)cc1. The van der Waals surface area contributed by atoms with Crippen LogP contribution in [0.25, 0.3) is 0 Å². The lowest BCUT2D eigenvalue weighted by Gasteiger charge is -2.29. The zero-order valence-electron chi connectivity index (χ0n) is 19.7. The first-order valence-electron chi connectivity index (χ1n) is 11.2. The van der Waals surface area contributed by atoms with Crippen molar-refractivity contribution in [2.24, 2.45) is 0 Å². The van der Waals surface area contributed by atoms with E-state index in [1.807, 2.05) is 24.3 Å². The Labute approximate surface area is 187 Å². The molecule has 0 saturated heterocycles. The van der Waals surface area contributed by atoms with Crippen molar-refractivity contribution in [3.05, 3.63) is 42.0 Å². The van der Waals surface area contributed by atoms with Gasteiger partial charge in [-0.1, -0.05) is 50.8 Å². The highest BCUT2D eigenvalue weighted by molar-refractivity contribution is 5.80. The van der Waals surface area contributed by atoms with Gasteiger partial charge < -0.3 is 19.9 Å². The topological polar surface area (TPSA) is 84.9 Å². The standard InChI is InChI=1S/C25H39NO5/c1-6-7-8-9-10-19-30-21-13-11-20(12-14-21)15-17-25(5,18-16-22(27)28)26-23(29)31-24(2,3)4/h11-14,16,18H,6-10,15,17,19H2,1-5H3,(H,26,29)(H,27,28)/t25-/m1/s1. The molecule has 6 heteroatoms. The number of nitrogens with one attached hydrogen (secondary N) is 1. The van der Waals surface area contributed by atoms with Crippen LogP contribution in [-0.4, -0.2) is 34.9 Å². The summed E-state index contributed by atoms with van der Waals surface area (Å²) < 4.78 is 11.1. The Kier molecular flexibility index (Phi) is 11.2. The molecule has 2 N–H and O–H groups in total. The number of unbranched alkanes of at least 4 members (excludes halogenated alkanes) is 4. The van der Waals surface area contributed by atoms with Crippen molar-refractivity contribution in [2.75, 3.05) is 6.61 Å². The summed E-state index contributed by atoms with van der Waals surface area (Å²) in [6, 6.07) is 7.91. The van der Waals surface area contributed by atoms with Gasteiger partial charge in [-0.25, -0.2) is 9.59 Å². The van der Waals surface area contributed by atoms with Crippen molar-refractivity contribution in [1.29, 1.82) is 0 Å². The zero-order valence-corrected chi connectivity index (χ0v) is 19.7. The molecule has 1 atom stereocenters. The van der Waals surface area contributed by atoms with Crippen LogP contribution in [0.3, 0.4) is 0 Å². The van der Waals surface area contributed by atoms with Crippen LogP contribution in [0.15, 0.2) is 36.4 Å². The molecule has 0 unspecified atom stereocenters. The summed E-state index contributed by atoms with van der Waals surface area (Å²) in [6.45, 7) is 10.1. The van der Waals surface area contributed by atoms with E-state index in [9.17, 15) is 9.59 Å². The van der Waals surface area contributed by atoms with Gasteiger partial charge in [0.05, 0.1) is 12.1 Å². The van der Waals surface area contributed by atoms with E-state index in [4.69, 9.17) is 14.6 Å². The first-order valence-corrected chi connectivity index (χ1v) is 11.2. The quantitative estimate of drug-likeness (QED) is 0.299. The summed E-state index contributed by atoms with van der Waals surface area (Å²) in [5.41, 5.74) is -0.405. The number of hydrogen-bond acceptors (Lipinski definition) is 4.